The molecule has 1 amide bonds. The molecular weight excluding hydrogens is 486 g/mol. The molecule has 1 aromatic carbocycles. The van der Waals surface area contributed by atoms with Gasteiger partial charge in [-0.1, -0.05) is 23.2 Å². The van der Waals surface area contributed by atoms with E-state index in [2.05, 4.69) is 26.2 Å². The van der Waals surface area contributed by atoms with Gasteiger partial charge in [0.05, 0.1) is 20.9 Å². The van der Waals surface area contributed by atoms with Crippen molar-refractivity contribution >= 4 is 67.5 Å². The molecule has 0 bridgehead atoms. The minimum Gasteiger partial charge on any atom is -0.444 e. The summed E-state index contributed by atoms with van der Waals surface area (Å²) in [4.78, 5) is 18.0. The van der Waals surface area contributed by atoms with Crippen molar-refractivity contribution in [1.82, 2.24) is 9.88 Å². The number of piperidine rings is 1. The predicted octanol–water partition coefficient (Wildman–Crippen LogP) is 5.84. The third kappa shape index (κ3) is 4.81. The first kappa shape index (κ1) is 22.2. The van der Waals surface area contributed by atoms with Gasteiger partial charge in [0.25, 0.3) is 0 Å². The number of nitrogens with zero attached hydrogens (tertiary/aromatic N) is 2. The minimum atomic E-state index is -0.600. The number of pyridine rings is 1. The Balaban J connectivity index is 1.81. The fourth-order valence-corrected chi connectivity index (χ4v) is 3.86. The third-order valence-corrected chi connectivity index (χ3v) is 6.19. The van der Waals surface area contributed by atoms with Gasteiger partial charge in [-0.25, -0.2) is 14.2 Å². The van der Waals surface area contributed by atoms with E-state index in [4.69, 9.17) is 33.7 Å². The lowest BCUT2D eigenvalue weighted by atomic mass is 10.0. The van der Waals surface area contributed by atoms with Crippen LogP contribution in [0.3, 0.4) is 0 Å². The zero-order valence-corrected chi connectivity index (χ0v) is 19.4. The van der Waals surface area contributed by atoms with Gasteiger partial charge in [0, 0.05) is 24.5 Å². The summed E-state index contributed by atoms with van der Waals surface area (Å²) in [6, 6.07) is 1.62. The Morgan fingerprint density at radius 3 is 2.59 bits per heavy atom. The molecule has 1 aliphatic heterocycles. The second-order valence-corrected chi connectivity index (χ2v) is 9.52. The molecule has 2 heterocycles. The van der Waals surface area contributed by atoms with Crippen LogP contribution in [-0.4, -0.2) is 40.7 Å². The van der Waals surface area contributed by atoms with E-state index in [0.29, 0.717) is 37.0 Å². The van der Waals surface area contributed by atoms with Crippen LogP contribution in [0.15, 0.2) is 10.5 Å². The quantitative estimate of drug-likeness (QED) is 0.394. The highest BCUT2D eigenvalue weighted by Gasteiger charge is 2.28. The van der Waals surface area contributed by atoms with E-state index < -0.39 is 11.4 Å². The molecule has 0 atom stereocenters. The van der Waals surface area contributed by atoms with Gasteiger partial charge in [-0.15, -0.1) is 0 Å². The second-order valence-electron chi connectivity index (χ2n) is 7.96. The van der Waals surface area contributed by atoms with Crippen molar-refractivity contribution in [2.24, 2.45) is 0 Å². The third-order valence-electron chi connectivity index (χ3n) is 4.60. The number of likely N-dealkylation sites (tertiary alicyclic amines) is 1. The van der Waals surface area contributed by atoms with Crippen LogP contribution in [0, 0.1) is 5.82 Å². The molecule has 1 saturated heterocycles. The number of nitrogen functional groups attached to an aromatic ring is 1. The Hall–Kier alpha value is -1.51. The number of nitrogens with one attached hydrogen (secondary N) is 1. The van der Waals surface area contributed by atoms with Gasteiger partial charge in [-0.05, 0) is 55.6 Å². The van der Waals surface area contributed by atoms with Gasteiger partial charge in [-0.2, -0.15) is 0 Å². The SMILES string of the molecule is CC(C)(C)OC(=O)N1CCC(Nc2c(N)c(Cl)nc3c(F)c(Br)c(Cl)cc23)CC1. The highest BCUT2D eigenvalue weighted by atomic mass is 79.9. The number of amides is 1. The number of carbonyl (C=O) groups excluding carboxylic acids is 1. The van der Waals surface area contributed by atoms with Crippen LogP contribution in [0.2, 0.25) is 10.2 Å². The number of nitrogens with two attached hydrogens (primary N) is 1. The summed E-state index contributed by atoms with van der Waals surface area (Å²) in [5.74, 6) is -0.600. The molecule has 0 saturated carbocycles. The number of hydrogen-bond donors (Lipinski definition) is 2. The predicted molar refractivity (Wildman–Crippen MR) is 118 cm³/mol. The van der Waals surface area contributed by atoms with Crippen molar-refractivity contribution in [2.45, 2.75) is 45.3 Å². The van der Waals surface area contributed by atoms with Crippen molar-refractivity contribution < 1.29 is 13.9 Å². The lowest BCUT2D eigenvalue weighted by Gasteiger charge is -2.34. The van der Waals surface area contributed by atoms with Crippen LogP contribution in [0.5, 0.6) is 0 Å². The van der Waals surface area contributed by atoms with Gasteiger partial charge >= 0.3 is 6.09 Å². The molecule has 0 radical (unpaired) electrons. The molecule has 0 spiro atoms. The molecular formula is C19H22BrCl2FN4O2. The summed E-state index contributed by atoms with van der Waals surface area (Å²) >= 11 is 15.4. The highest BCUT2D eigenvalue weighted by molar-refractivity contribution is 9.10. The van der Waals surface area contributed by atoms with Crippen LogP contribution in [-0.2, 0) is 4.74 Å². The molecule has 1 aliphatic rings. The Morgan fingerprint density at radius 2 is 2.00 bits per heavy atom. The van der Waals surface area contributed by atoms with Crippen LogP contribution < -0.4 is 11.1 Å². The molecule has 158 valence electrons. The summed E-state index contributed by atoms with van der Waals surface area (Å²) in [7, 11) is 0. The van der Waals surface area contributed by atoms with Crippen LogP contribution in [0.4, 0.5) is 20.6 Å². The van der Waals surface area contributed by atoms with Gasteiger partial charge in [0.15, 0.2) is 11.0 Å². The van der Waals surface area contributed by atoms with Crippen molar-refractivity contribution in [2.75, 3.05) is 24.1 Å². The lowest BCUT2D eigenvalue weighted by Crippen LogP contribution is -2.44. The van der Waals surface area contributed by atoms with Gasteiger partial charge in [0.2, 0.25) is 0 Å². The van der Waals surface area contributed by atoms with Crippen molar-refractivity contribution in [1.29, 1.82) is 0 Å². The van der Waals surface area contributed by atoms with E-state index in [9.17, 15) is 9.18 Å². The molecule has 0 unspecified atom stereocenters. The average Bonchev–Trinajstić information content (AvgIpc) is 2.64. The van der Waals surface area contributed by atoms with Crippen molar-refractivity contribution in [3.8, 4) is 0 Å². The van der Waals surface area contributed by atoms with E-state index >= 15 is 0 Å². The number of hydrogen-bond acceptors (Lipinski definition) is 5. The standard InChI is InChI=1S/C19H22BrCl2FN4O2/c1-19(2,3)29-18(28)27-6-4-9(5-7-27)25-16-10-8-11(21)12(20)13(23)15(10)26-17(22)14(16)24/h8-9H,4-7,24H2,1-3H3,(H,25,26). The monoisotopic (exact) mass is 506 g/mol. The first-order valence-corrected chi connectivity index (χ1v) is 10.7. The van der Waals surface area contributed by atoms with Crippen LogP contribution in [0.25, 0.3) is 10.9 Å². The molecule has 1 fully saturated rings. The number of rotatable bonds is 2. The van der Waals surface area contributed by atoms with E-state index in [0.717, 1.165) is 0 Å². The number of fused-ring (bicyclic) bond motifs is 1. The van der Waals surface area contributed by atoms with Gasteiger partial charge in [-0.3, -0.25) is 0 Å². The first-order valence-electron chi connectivity index (χ1n) is 9.14. The number of aromatic nitrogens is 1. The van der Waals surface area contributed by atoms with Crippen molar-refractivity contribution in [3.63, 3.8) is 0 Å². The summed E-state index contributed by atoms with van der Waals surface area (Å²) in [6.07, 6.45) is 1.02. The summed E-state index contributed by atoms with van der Waals surface area (Å²) in [6.45, 7) is 6.57. The number of benzene rings is 1. The number of carbonyl (C=O) groups is 1. The van der Waals surface area contributed by atoms with E-state index in [1.165, 1.54) is 0 Å². The first-order chi connectivity index (χ1) is 13.5. The molecule has 10 heteroatoms. The molecule has 29 heavy (non-hydrogen) atoms. The normalized spacial score (nSPS) is 15.6. The average molecular weight is 508 g/mol. The van der Waals surface area contributed by atoms with Gasteiger partial charge < -0.3 is 20.7 Å². The Kier molecular flexibility index (Phi) is 6.36. The molecule has 6 nitrogen and oxygen atoms in total. The Labute approximate surface area is 187 Å². The minimum absolute atomic E-state index is 0.0133. The Bertz CT molecular complexity index is 960. The maximum absolute atomic E-state index is 14.6. The van der Waals surface area contributed by atoms with Gasteiger partial charge in [0.1, 0.15) is 11.1 Å². The molecule has 0 aliphatic carbocycles. The second kappa shape index (κ2) is 8.32. The van der Waals surface area contributed by atoms with E-state index in [1.807, 2.05) is 20.8 Å². The fraction of sp³-hybridized carbons (Fsp3) is 0.474. The zero-order valence-electron chi connectivity index (χ0n) is 16.3. The maximum Gasteiger partial charge on any atom is 0.410 e. The summed E-state index contributed by atoms with van der Waals surface area (Å²) in [5, 5.41) is 4.02. The summed E-state index contributed by atoms with van der Waals surface area (Å²) < 4.78 is 20.2. The van der Waals surface area contributed by atoms with Crippen LogP contribution in [0.1, 0.15) is 33.6 Å². The van der Waals surface area contributed by atoms with E-state index in [1.54, 1.807) is 11.0 Å². The Morgan fingerprint density at radius 1 is 1.38 bits per heavy atom. The fourth-order valence-electron chi connectivity index (χ4n) is 3.18. The maximum atomic E-state index is 14.6. The largest absolute Gasteiger partial charge is 0.444 e. The molecule has 1 aromatic heterocycles. The number of anilines is 2. The number of halogens is 4. The van der Waals surface area contributed by atoms with Crippen molar-refractivity contribution in [3.05, 3.63) is 26.5 Å². The lowest BCUT2D eigenvalue weighted by molar-refractivity contribution is 0.0210. The molecule has 2 aromatic rings. The highest BCUT2D eigenvalue weighted by Crippen LogP contribution is 2.40. The summed E-state index contributed by atoms with van der Waals surface area (Å²) in [5.41, 5.74) is 6.39. The molecule has 3 rings (SSSR count). The smallest absolute Gasteiger partial charge is 0.410 e. The van der Waals surface area contributed by atoms with Crippen LogP contribution >= 0.6 is 39.1 Å². The topological polar surface area (TPSA) is 80.5 Å². The number of ether oxygens (including phenoxy) is 1. The van der Waals surface area contributed by atoms with E-state index in [-0.39, 0.29) is 38.0 Å². The molecule has 3 N–H and O–H groups in total. The zero-order chi connectivity index (χ0) is 21.5.